The normalized spacial score (nSPS) is 17.0. The number of carbonyl (C=O) groups is 2. The van der Waals surface area contributed by atoms with Crippen LogP contribution in [0.5, 0.6) is 0 Å². The lowest BCUT2D eigenvalue weighted by Crippen LogP contribution is -2.43. The molecule has 1 aliphatic heterocycles. The van der Waals surface area contributed by atoms with Gasteiger partial charge in [0, 0.05) is 12.2 Å². The van der Waals surface area contributed by atoms with Gasteiger partial charge in [0.15, 0.2) is 0 Å². The van der Waals surface area contributed by atoms with Crippen LogP contribution in [0.25, 0.3) is 0 Å². The molecule has 1 aliphatic rings. The number of benzene rings is 2. The summed E-state index contributed by atoms with van der Waals surface area (Å²) in [4.78, 5) is 26.4. The Morgan fingerprint density at radius 1 is 1.11 bits per heavy atom. The van der Waals surface area contributed by atoms with Crippen LogP contribution in [0, 0.1) is 13.8 Å². The fourth-order valence-electron chi connectivity index (χ4n) is 3.12. The molecule has 3 rings (SSSR count). The third-order valence-electron chi connectivity index (χ3n) is 4.79. The van der Waals surface area contributed by atoms with Gasteiger partial charge in [0.1, 0.15) is 6.04 Å². The smallest absolute Gasteiger partial charge is 0.326 e. The number of nitrogens with one attached hydrogen (secondary N) is 2. The van der Waals surface area contributed by atoms with Gasteiger partial charge in [0.2, 0.25) is 5.91 Å². The molecule has 1 saturated heterocycles. The minimum Gasteiger partial charge on any atom is -0.326 e. The highest BCUT2D eigenvalue weighted by Crippen LogP contribution is 2.34. The monoisotopic (exact) mass is 391 g/mol. The summed E-state index contributed by atoms with van der Waals surface area (Å²) in [6, 6.07) is 8.70. The zero-order chi connectivity index (χ0) is 20.5. The van der Waals surface area contributed by atoms with Gasteiger partial charge in [-0.3, -0.25) is 4.79 Å². The third-order valence-corrected chi connectivity index (χ3v) is 4.79. The molecule has 5 nitrogen and oxygen atoms in total. The molecule has 1 fully saturated rings. The first kappa shape index (κ1) is 19.7. The Balaban J connectivity index is 1.67. The van der Waals surface area contributed by atoms with Gasteiger partial charge in [-0.05, 0) is 55.7 Å². The SMILES string of the molecule is Cc1ccc(N2CCC(NC(=O)Nc3ccccc3C(F)(F)F)C2=O)cc1C. The molecule has 0 saturated carbocycles. The second-order valence-corrected chi connectivity index (χ2v) is 6.74. The number of rotatable bonds is 3. The first-order valence-corrected chi connectivity index (χ1v) is 8.79. The number of anilines is 2. The topological polar surface area (TPSA) is 61.4 Å². The number of urea groups is 1. The summed E-state index contributed by atoms with van der Waals surface area (Å²) >= 11 is 0. The fourth-order valence-corrected chi connectivity index (χ4v) is 3.12. The molecule has 0 aromatic heterocycles. The molecule has 1 atom stereocenters. The Morgan fingerprint density at radius 3 is 2.50 bits per heavy atom. The molecule has 8 heteroatoms. The van der Waals surface area contributed by atoms with Crippen molar-refractivity contribution in [1.82, 2.24) is 5.32 Å². The Bertz CT molecular complexity index is 912. The number of nitrogens with zero attached hydrogens (tertiary/aromatic N) is 1. The summed E-state index contributed by atoms with van der Waals surface area (Å²) in [5, 5.41) is 4.67. The molecule has 2 N–H and O–H groups in total. The number of hydrogen-bond acceptors (Lipinski definition) is 2. The molecular weight excluding hydrogens is 371 g/mol. The predicted octanol–water partition coefficient (Wildman–Crippen LogP) is 4.25. The Labute approximate surface area is 160 Å². The molecule has 2 aromatic rings. The summed E-state index contributed by atoms with van der Waals surface area (Å²) in [7, 11) is 0. The summed E-state index contributed by atoms with van der Waals surface area (Å²) in [5.41, 5.74) is 1.58. The fraction of sp³-hybridized carbons (Fsp3) is 0.300. The molecule has 0 radical (unpaired) electrons. The lowest BCUT2D eigenvalue weighted by atomic mass is 10.1. The maximum Gasteiger partial charge on any atom is 0.418 e. The highest BCUT2D eigenvalue weighted by molar-refractivity contribution is 6.02. The van der Waals surface area contributed by atoms with E-state index in [1.165, 1.54) is 18.2 Å². The van der Waals surface area contributed by atoms with E-state index in [-0.39, 0.29) is 11.6 Å². The average molecular weight is 391 g/mol. The van der Waals surface area contributed by atoms with E-state index in [1.54, 1.807) is 4.90 Å². The largest absolute Gasteiger partial charge is 0.418 e. The van der Waals surface area contributed by atoms with Crippen molar-refractivity contribution >= 4 is 23.3 Å². The van der Waals surface area contributed by atoms with E-state index in [1.807, 2.05) is 32.0 Å². The van der Waals surface area contributed by atoms with Gasteiger partial charge in [0.05, 0.1) is 11.3 Å². The van der Waals surface area contributed by atoms with Crippen molar-refractivity contribution < 1.29 is 22.8 Å². The van der Waals surface area contributed by atoms with Crippen LogP contribution in [-0.2, 0) is 11.0 Å². The Hall–Kier alpha value is -3.03. The van der Waals surface area contributed by atoms with Crippen LogP contribution < -0.4 is 15.5 Å². The van der Waals surface area contributed by atoms with Crippen LogP contribution in [0.4, 0.5) is 29.3 Å². The quantitative estimate of drug-likeness (QED) is 0.822. The highest BCUT2D eigenvalue weighted by Gasteiger charge is 2.35. The number of alkyl halides is 3. The molecule has 3 amide bonds. The molecule has 1 unspecified atom stereocenters. The minimum atomic E-state index is -4.59. The number of amides is 3. The van der Waals surface area contributed by atoms with Crippen LogP contribution in [0.3, 0.4) is 0 Å². The number of para-hydroxylation sites is 1. The summed E-state index contributed by atoms with van der Waals surface area (Å²) in [6.07, 6.45) is -4.22. The summed E-state index contributed by atoms with van der Waals surface area (Å²) < 4.78 is 39.1. The van der Waals surface area contributed by atoms with Crippen molar-refractivity contribution in [2.45, 2.75) is 32.5 Å². The van der Waals surface area contributed by atoms with Gasteiger partial charge in [0.25, 0.3) is 0 Å². The second-order valence-electron chi connectivity index (χ2n) is 6.74. The van der Waals surface area contributed by atoms with Crippen molar-refractivity contribution in [2.24, 2.45) is 0 Å². The molecule has 0 bridgehead atoms. The molecular formula is C20H20F3N3O2. The zero-order valence-corrected chi connectivity index (χ0v) is 15.4. The molecule has 2 aromatic carbocycles. The Kier molecular flexibility index (Phi) is 5.31. The van der Waals surface area contributed by atoms with Crippen molar-refractivity contribution in [3.63, 3.8) is 0 Å². The molecule has 0 spiro atoms. The average Bonchev–Trinajstić information content (AvgIpc) is 2.97. The van der Waals surface area contributed by atoms with Gasteiger partial charge in [-0.15, -0.1) is 0 Å². The van der Waals surface area contributed by atoms with Crippen LogP contribution in [0.15, 0.2) is 42.5 Å². The van der Waals surface area contributed by atoms with E-state index in [4.69, 9.17) is 0 Å². The maximum absolute atomic E-state index is 13.0. The van der Waals surface area contributed by atoms with E-state index in [2.05, 4.69) is 10.6 Å². The van der Waals surface area contributed by atoms with Crippen molar-refractivity contribution in [3.05, 3.63) is 59.2 Å². The van der Waals surface area contributed by atoms with E-state index in [9.17, 15) is 22.8 Å². The molecule has 28 heavy (non-hydrogen) atoms. The molecule has 148 valence electrons. The maximum atomic E-state index is 13.0. The van der Waals surface area contributed by atoms with E-state index in [0.717, 1.165) is 22.9 Å². The zero-order valence-electron chi connectivity index (χ0n) is 15.4. The van der Waals surface area contributed by atoms with Crippen LogP contribution in [0.2, 0.25) is 0 Å². The van der Waals surface area contributed by atoms with Crippen LogP contribution in [-0.4, -0.2) is 24.5 Å². The molecule has 1 heterocycles. The van der Waals surface area contributed by atoms with Gasteiger partial charge in [-0.25, -0.2) is 4.79 Å². The van der Waals surface area contributed by atoms with Crippen LogP contribution in [0.1, 0.15) is 23.1 Å². The number of carbonyl (C=O) groups excluding carboxylic acids is 2. The first-order chi connectivity index (χ1) is 13.2. The first-order valence-electron chi connectivity index (χ1n) is 8.79. The lowest BCUT2D eigenvalue weighted by Gasteiger charge is -2.19. The van der Waals surface area contributed by atoms with Crippen molar-refractivity contribution in [1.29, 1.82) is 0 Å². The standard InChI is InChI=1S/C20H20F3N3O2/c1-12-7-8-14(11-13(12)2)26-10-9-17(18(26)27)25-19(28)24-16-6-4-3-5-15(16)20(21,22)23/h3-8,11,17H,9-10H2,1-2H3,(H2,24,25,28). The van der Waals surface area contributed by atoms with Crippen LogP contribution >= 0.6 is 0 Å². The van der Waals surface area contributed by atoms with E-state index in [0.29, 0.717) is 13.0 Å². The number of halogens is 3. The lowest BCUT2D eigenvalue weighted by molar-refractivity contribution is -0.137. The molecule has 0 aliphatic carbocycles. The van der Waals surface area contributed by atoms with E-state index < -0.39 is 23.8 Å². The number of aryl methyl sites for hydroxylation is 2. The summed E-state index contributed by atoms with van der Waals surface area (Å²) in [6.45, 7) is 4.34. The van der Waals surface area contributed by atoms with Gasteiger partial charge < -0.3 is 15.5 Å². The Morgan fingerprint density at radius 2 is 1.82 bits per heavy atom. The van der Waals surface area contributed by atoms with Gasteiger partial charge >= 0.3 is 12.2 Å². The van der Waals surface area contributed by atoms with Gasteiger partial charge in [-0.1, -0.05) is 18.2 Å². The minimum absolute atomic E-state index is 0.289. The van der Waals surface area contributed by atoms with E-state index >= 15 is 0 Å². The highest BCUT2D eigenvalue weighted by atomic mass is 19.4. The summed E-state index contributed by atoms with van der Waals surface area (Å²) in [5.74, 6) is -0.289. The third kappa shape index (κ3) is 4.11. The van der Waals surface area contributed by atoms with Crippen molar-refractivity contribution in [2.75, 3.05) is 16.8 Å². The predicted molar refractivity (Wildman–Crippen MR) is 100 cm³/mol. The van der Waals surface area contributed by atoms with Gasteiger partial charge in [-0.2, -0.15) is 13.2 Å². The van der Waals surface area contributed by atoms with Crippen molar-refractivity contribution in [3.8, 4) is 0 Å². The number of hydrogen-bond donors (Lipinski definition) is 2. The second kappa shape index (κ2) is 7.53.